The molecule has 1 aromatic heterocycles. The van der Waals surface area contributed by atoms with Crippen molar-refractivity contribution in [2.24, 2.45) is 4.99 Å². The van der Waals surface area contributed by atoms with E-state index in [1.807, 2.05) is 42.5 Å². The molecule has 3 aromatic carbocycles. The number of furan rings is 1. The summed E-state index contributed by atoms with van der Waals surface area (Å²) >= 11 is 0. The normalized spacial score (nSPS) is 11.3. The number of aromatic hydroxyl groups is 1. The van der Waals surface area contributed by atoms with Crippen LogP contribution in [0.2, 0.25) is 0 Å². The Balaban J connectivity index is 1.78. The van der Waals surface area contributed by atoms with Gasteiger partial charge in [-0.15, -0.1) is 0 Å². The standard InChI is InChI=1S/C22H18N2O2/c1-15-7-6-9-17(13-15)24-21-18-10-3-5-12-20(18)26-22(21)23-14-16-8-2-4-11-19(16)25/h2-14,24-25H,1H3/b23-14+. The summed E-state index contributed by atoms with van der Waals surface area (Å²) in [5, 5.41) is 14.3. The lowest BCUT2D eigenvalue weighted by Crippen LogP contribution is -1.90. The van der Waals surface area contributed by atoms with Gasteiger partial charge in [0.05, 0.1) is 0 Å². The average Bonchev–Trinajstić information content (AvgIpc) is 2.99. The van der Waals surface area contributed by atoms with Crippen LogP contribution in [0, 0.1) is 6.92 Å². The monoisotopic (exact) mass is 342 g/mol. The first-order valence-corrected chi connectivity index (χ1v) is 8.38. The Morgan fingerprint density at radius 3 is 2.62 bits per heavy atom. The maximum atomic E-state index is 9.93. The molecule has 0 aliphatic rings. The third-order valence-corrected chi connectivity index (χ3v) is 4.12. The maximum Gasteiger partial charge on any atom is 0.244 e. The number of nitrogens with one attached hydrogen (secondary N) is 1. The summed E-state index contributed by atoms with van der Waals surface area (Å²) in [6.45, 7) is 2.05. The Kier molecular flexibility index (Phi) is 4.15. The van der Waals surface area contributed by atoms with E-state index in [-0.39, 0.29) is 5.75 Å². The van der Waals surface area contributed by atoms with Crippen molar-refractivity contribution in [3.05, 3.63) is 83.9 Å². The first-order valence-electron chi connectivity index (χ1n) is 8.38. The second-order valence-corrected chi connectivity index (χ2v) is 6.09. The molecule has 0 aliphatic heterocycles. The average molecular weight is 342 g/mol. The number of aryl methyl sites for hydroxylation is 1. The lowest BCUT2D eigenvalue weighted by molar-refractivity contribution is 0.474. The van der Waals surface area contributed by atoms with Crippen LogP contribution in [0.3, 0.4) is 0 Å². The molecule has 4 rings (SSSR count). The fraction of sp³-hybridized carbons (Fsp3) is 0.0455. The predicted octanol–water partition coefficient (Wildman–Crippen LogP) is 5.94. The maximum absolute atomic E-state index is 9.93. The molecular weight excluding hydrogens is 324 g/mol. The molecule has 4 nitrogen and oxygen atoms in total. The second kappa shape index (κ2) is 6.76. The van der Waals surface area contributed by atoms with E-state index in [0.29, 0.717) is 11.4 Å². The van der Waals surface area contributed by atoms with Crippen molar-refractivity contribution < 1.29 is 9.52 Å². The number of nitrogens with zero attached hydrogens (tertiary/aromatic N) is 1. The Hall–Kier alpha value is -3.53. The molecule has 2 N–H and O–H groups in total. The minimum absolute atomic E-state index is 0.181. The van der Waals surface area contributed by atoms with E-state index in [1.165, 1.54) is 5.56 Å². The van der Waals surface area contributed by atoms with Crippen LogP contribution in [0.5, 0.6) is 5.75 Å². The fourth-order valence-electron chi connectivity index (χ4n) is 2.84. The third-order valence-electron chi connectivity index (χ3n) is 4.12. The number of anilines is 2. The zero-order valence-electron chi connectivity index (χ0n) is 14.3. The van der Waals surface area contributed by atoms with Crippen LogP contribution in [0.1, 0.15) is 11.1 Å². The first kappa shape index (κ1) is 16.0. The SMILES string of the molecule is Cc1cccc(Nc2c(/N=C/c3ccccc3O)oc3ccccc23)c1. The van der Waals surface area contributed by atoms with Gasteiger partial charge in [0.15, 0.2) is 0 Å². The van der Waals surface area contributed by atoms with Gasteiger partial charge in [0.1, 0.15) is 17.0 Å². The molecule has 0 atom stereocenters. The van der Waals surface area contributed by atoms with E-state index < -0.39 is 0 Å². The summed E-state index contributed by atoms with van der Waals surface area (Å²) in [5.74, 6) is 0.650. The molecule has 128 valence electrons. The summed E-state index contributed by atoms with van der Waals surface area (Å²) in [6, 6.07) is 23.0. The van der Waals surface area contributed by atoms with Crippen LogP contribution in [-0.4, -0.2) is 11.3 Å². The highest BCUT2D eigenvalue weighted by Gasteiger charge is 2.13. The lowest BCUT2D eigenvalue weighted by Gasteiger charge is -2.06. The van der Waals surface area contributed by atoms with Gasteiger partial charge in [-0.3, -0.25) is 0 Å². The number of hydrogen-bond acceptors (Lipinski definition) is 4. The summed E-state index contributed by atoms with van der Waals surface area (Å²) in [7, 11) is 0. The molecule has 0 spiro atoms. The van der Waals surface area contributed by atoms with Crippen LogP contribution >= 0.6 is 0 Å². The van der Waals surface area contributed by atoms with Crippen molar-refractivity contribution in [1.82, 2.24) is 0 Å². The summed E-state index contributed by atoms with van der Waals surface area (Å²) in [4.78, 5) is 4.48. The minimum atomic E-state index is 0.181. The number of rotatable bonds is 4. The lowest BCUT2D eigenvalue weighted by atomic mass is 10.2. The summed E-state index contributed by atoms with van der Waals surface area (Å²) in [5.41, 5.74) is 4.33. The van der Waals surface area contributed by atoms with Gasteiger partial charge in [-0.25, -0.2) is 4.99 Å². The van der Waals surface area contributed by atoms with Gasteiger partial charge in [-0.05, 0) is 48.9 Å². The summed E-state index contributed by atoms with van der Waals surface area (Å²) < 4.78 is 5.92. The van der Waals surface area contributed by atoms with Crippen molar-refractivity contribution in [3.8, 4) is 5.75 Å². The van der Waals surface area contributed by atoms with E-state index in [0.717, 1.165) is 22.3 Å². The predicted molar refractivity (Wildman–Crippen MR) is 106 cm³/mol. The molecule has 0 bridgehead atoms. The Labute approximate surface area is 151 Å². The van der Waals surface area contributed by atoms with Gasteiger partial charge in [0, 0.05) is 22.9 Å². The van der Waals surface area contributed by atoms with Gasteiger partial charge in [-0.2, -0.15) is 0 Å². The molecule has 1 heterocycles. The molecule has 0 unspecified atom stereocenters. The number of phenols is 1. The number of hydrogen-bond donors (Lipinski definition) is 2. The van der Waals surface area contributed by atoms with Crippen molar-refractivity contribution in [2.75, 3.05) is 5.32 Å². The number of phenolic OH excluding ortho intramolecular Hbond substituents is 1. The first-order chi connectivity index (χ1) is 12.7. The quantitative estimate of drug-likeness (QED) is 0.451. The molecule has 0 fully saturated rings. The van der Waals surface area contributed by atoms with Crippen molar-refractivity contribution >= 4 is 34.4 Å². The molecule has 0 saturated carbocycles. The molecule has 4 aromatic rings. The Morgan fingerprint density at radius 2 is 1.77 bits per heavy atom. The zero-order chi connectivity index (χ0) is 17.9. The molecule has 4 heteroatoms. The van der Waals surface area contributed by atoms with Gasteiger partial charge in [0.2, 0.25) is 5.88 Å². The molecular formula is C22H18N2O2. The minimum Gasteiger partial charge on any atom is -0.507 e. The van der Waals surface area contributed by atoms with Crippen molar-refractivity contribution in [3.63, 3.8) is 0 Å². The Bertz CT molecular complexity index is 1100. The van der Waals surface area contributed by atoms with Gasteiger partial charge in [-0.1, -0.05) is 36.4 Å². The highest BCUT2D eigenvalue weighted by Crippen LogP contribution is 2.39. The third kappa shape index (κ3) is 3.17. The van der Waals surface area contributed by atoms with E-state index in [2.05, 4.69) is 29.4 Å². The highest BCUT2D eigenvalue weighted by atomic mass is 16.3. The molecule has 26 heavy (non-hydrogen) atoms. The Morgan fingerprint density at radius 1 is 0.962 bits per heavy atom. The van der Waals surface area contributed by atoms with Gasteiger partial charge in [0.25, 0.3) is 0 Å². The smallest absolute Gasteiger partial charge is 0.244 e. The van der Waals surface area contributed by atoms with Crippen molar-refractivity contribution in [2.45, 2.75) is 6.92 Å². The van der Waals surface area contributed by atoms with E-state index in [1.54, 1.807) is 24.4 Å². The van der Waals surface area contributed by atoms with Crippen LogP contribution in [-0.2, 0) is 0 Å². The largest absolute Gasteiger partial charge is 0.507 e. The van der Waals surface area contributed by atoms with E-state index >= 15 is 0 Å². The highest BCUT2D eigenvalue weighted by molar-refractivity contribution is 5.99. The molecule has 0 radical (unpaired) electrons. The zero-order valence-corrected chi connectivity index (χ0v) is 14.3. The van der Waals surface area contributed by atoms with Crippen LogP contribution < -0.4 is 5.32 Å². The number of fused-ring (bicyclic) bond motifs is 1. The van der Waals surface area contributed by atoms with E-state index in [9.17, 15) is 5.11 Å². The second-order valence-electron chi connectivity index (χ2n) is 6.09. The molecule has 0 amide bonds. The fourth-order valence-corrected chi connectivity index (χ4v) is 2.84. The number of aliphatic imine (C=N–C) groups is 1. The van der Waals surface area contributed by atoms with Crippen molar-refractivity contribution in [1.29, 1.82) is 0 Å². The van der Waals surface area contributed by atoms with Crippen LogP contribution in [0.25, 0.3) is 11.0 Å². The van der Waals surface area contributed by atoms with Gasteiger partial charge < -0.3 is 14.8 Å². The molecule has 0 saturated heterocycles. The summed E-state index contributed by atoms with van der Waals surface area (Å²) in [6.07, 6.45) is 1.61. The van der Waals surface area contributed by atoms with Crippen LogP contribution in [0.15, 0.2) is 82.2 Å². The topological polar surface area (TPSA) is 57.8 Å². The van der Waals surface area contributed by atoms with Gasteiger partial charge >= 0.3 is 0 Å². The number of para-hydroxylation sites is 2. The van der Waals surface area contributed by atoms with Crippen LogP contribution in [0.4, 0.5) is 17.3 Å². The number of benzene rings is 3. The van der Waals surface area contributed by atoms with E-state index in [4.69, 9.17) is 4.42 Å². The molecule has 0 aliphatic carbocycles.